The zero-order chi connectivity index (χ0) is 10.8. The van der Waals surface area contributed by atoms with E-state index in [4.69, 9.17) is 5.11 Å². The first-order chi connectivity index (χ1) is 7.18. The van der Waals surface area contributed by atoms with Gasteiger partial charge in [-0.2, -0.15) is 11.8 Å². The van der Waals surface area contributed by atoms with Crippen molar-refractivity contribution in [1.82, 2.24) is 9.97 Å². The van der Waals surface area contributed by atoms with E-state index in [1.54, 1.807) is 18.7 Å². The van der Waals surface area contributed by atoms with E-state index in [1.165, 1.54) is 6.33 Å². The van der Waals surface area contributed by atoms with Crippen molar-refractivity contribution in [3.63, 3.8) is 0 Å². The molecule has 0 aromatic carbocycles. The van der Waals surface area contributed by atoms with Crippen LogP contribution in [0.2, 0.25) is 0 Å². The summed E-state index contributed by atoms with van der Waals surface area (Å²) in [4.78, 5) is 18.9. The number of rotatable bonds is 3. The lowest BCUT2D eigenvalue weighted by molar-refractivity contribution is -0.137. The summed E-state index contributed by atoms with van der Waals surface area (Å²) in [6.07, 6.45) is 1.47. The van der Waals surface area contributed by atoms with Gasteiger partial charge < -0.3 is 10.4 Å². The summed E-state index contributed by atoms with van der Waals surface area (Å²) in [5, 5.41) is 11.7. The number of carbonyl (C=O) groups is 1. The van der Waals surface area contributed by atoms with Crippen molar-refractivity contribution in [2.75, 3.05) is 5.32 Å². The Morgan fingerprint density at radius 2 is 2.40 bits per heavy atom. The van der Waals surface area contributed by atoms with E-state index >= 15 is 0 Å². The Labute approximate surface area is 91.3 Å². The maximum atomic E-state index is 10.7. The molecule has 2 rings (SSSR count). The minimum atomic E-state index is -0.881. The smallest absolute Gasteiger partial charge is 0.325 e. The molecule has 1 aliphatic rings. The molecule has 0 saturated carbocycles. The van der Waals surface area contributed by atoms with Crippen LogP contribution in [0.25, 0.3) is 0 Å². The predicted octanol–water partition coefficient (Wildman–Crippen LogP) is 1.11. The van der Waals surface area contributed by atoms with Crippen LogP contribution in [0.15, 0.2) is 6.33 Å². The summed E-state index contributed by atoms with van der Waals surface area (Å²) in [7, 11) is 0. The Kier molecular flexibility index (Phi) is 2.77. The number of carboxylic acid groups (broad SMARTS) is 1. The quantitative estimate of drug-likeness (QED) is 0.802. The second-order valence-electron chi connectivity index (χ2n) is 3.34. The summed E-state index contributed by atoms with van der Waals surface area (Å²) in [5.74, 6) is 1.51. The lowest BCUT2D eigenvalue weighted by Gasteiger charge is -2.12. The van der Waals surface area contributed by atoms with Crippen LogP contribution in [-0.4, -0.2) is 27.1 Å². The van der Waals surface area contributed by atoms with E-state index in [9.17, 15) is 4.79 Å². The second-order valence-corrected chi connectivity index (χ2v) is 4.33. The van der Waals surface area contributed by atoms with Gasteiger partial charge in [0.25, 0.3) is 0 Å². The number of hydrogen-bond donors (Lipinski definition) is 2. The molecule has 1 aromatic rings. The predicted molar refractivity (Wildman–Crippen MR) is 57.8 cm³/mol. The summed E-state index contributed by atoms with van der Waals surface area (Å²) in [6.45, 7) is 1.60. The molecule has 5 nitrogen and oxygen atoms in total. The van der Waals surface area contributed by atoms with E-state index in [1.807, 2.05) is 0 Å². The molecule has 6 heteroatoms. The topological polar surface area (TPSA) is 75.1 Å². The first-order valence-electron chi connectivity index (χ1n) is 4.58. The average Bonchev–Trinajstić information content (AvgIpc) is 2.66. The maximum Gasteiger partial charge on any atom is 0.325 e. The molecular formula is C9H11N3O2S. The van der Waals surface area contributed by atoms with Crippen LogP contribution >= 0.6 is 11.8 Å². The molecule has 2 N–H and O–H groups in total. The number of hydrogen-bond acceptors (Lipinski definition) is 5. The molecule has 1 atom stereocenters. The number of aromatic nitrogens is 2. The molecule has 2 heterocycles. The van der Waals surface area contributed by atoms with Crippen molar-refractivity contribution in [3.8, 4) is 0 Å². The van der Waals surface area contributed by atoms with Gasteiger partial charge in [-0.3, -0.25) is 4.79 Å². The number of fused-ring (bicyclic) bond motifs is 1. The molecule has 0 bridgehead atoms. The highest BCUT2D eigenvalue weighted by Gasteiger charge is 2.20. The third-order valence-electron chi connectivity index (χ3n) is 2.24. The number of nitrogens with one attached hydrogen (secondary N) is 1. The van der Waals surface area contributed by atoms with Gasteiger partial charge in [-0.1, -0.05) is 0 Å². The summed E-state index contributed by atoms with van der Waals surface area (Å²) < 4.78 is 0. The van der Waals surface area contributed by atoms with Gasteiger partial charge in [-0.25, -0.2) is 9.97 Å². The van der Waals surface area contributed by atoms with Crippen molar-refractivity contribution in [2.45, 2.75) is 24.5 Å². The standard InChI is InChI=1S/C9H11N3O2S/c1-5(9(13)14)12-8-6-2-15-3-7(6)10-4-11-8/h4-5H,2-3H2,1H3,(H,13,14)(H,10,11,12). The number of carboxylic acids is 1. The van der Waals surface area contributed by atoms with E-state index in [0.717, 1.165) is 22.8 Å². The van der Waals surface area contributed by atoms with Gasteiger partial charge >= 0.3 is 5.97 Å². The van der Waals surface area contributed by atoms with Crippen LogP contribution < -0.4 is 5.32 Å². The zero-order valence-corrected chi connectivity index (χ0v) is 9.04. The molecule has 80 valence electrons. The lowest BCUT2D eigenvalue weighted by atomic mass is 10.2. The van der Waals surface area contributed by atoms with Gasteiger partial charge in [0.15, 0.2) is 0 Å². The highest BCUT2D eigenvalue weighted by Crippen LogP contribution is 2.32. The van der Waals surface area contributed by atoms with E-state index in [2.05, 4.69) is 15.3 Å². The Morgan fingerprint density at radius 1 is 1.60 bits per heavy atom. The summed E-state index contributed by atoms with van der Waals surface area (Å²) in [6, 6.07) is -0.630. The van der Waals surface area contributed by atoms with Crippen molar-refractivity contribution in [1.29, 1.82) is 0 Å². The molecule has 0 aliphatic carbocycles. The first kappa shape index (κ1) is 10.2. The average molecular weight is 225 g/mol. The van der Waals surface area contributed by atoms with E-state index in [-0.39, 0.29) is 0 Å². The largest absolute Gasteiger partial charge is 0.480 e. The highest BCUT2D eigenvalue weighted by molar-refractivity contribution is 7.98. The minimum Gasteiger partial charge on any atom is -0.480 e. The van der Waals surface area contributed by atoms with Gasteiger partial charge in [0.05, 0.1) is 5.69 Å². The van der Waals surface area contributed by atoms with Gasteiger partial charge in [0.1, 0.15) is 18.2 Å². The molecule has 0 saturated heterocycles. The SMILES string of the molecule is CC(Nc1ncnc2c1CSC2)C(=O)O. The van der Waals surface area contributed by atoms with Crippen molar-refractivity contribution >= 4 is 23.5 Å². The third kappa shape index (κ3) is 2.04. The molecular weight excluding hydrogens is 214 g/mol. The zero-order valence-electron chi connectivity index (χ0n) is 8.23. The Hall–Kier alpha value is -1.30. The van der Waals surface area contributed by atoms with Crippen LogP contribution in [0, 0.1) is 0 Å². The first-order valence-corrected chi connectivity index (χ1v) is 5.74. The minimum absolute atomic E-state index is 0.630. The van der Waals surface area contributed by atoms with Gasteiger partial charge in [0.2, 0.25) is 0 Å². The molecule has 1 unspecified atom stereocenters. The van der Waals surface area contributed by atoms with Crippen molar-refractivity contribution in [2.24, 2.45) is 0 Å². The molecule has 0 radical (unpaired) electrons. The van der Waals surface area contributed by atoms with Gasteiger partial charge in [0, 0.05) is 17.1 Å². The Bertz CT molecular complexity index is 397. The normalized spacial score (nSPS) is 15.8. The summed E-state index contributed by atoms with van der Waals surface area (Å²) >= 11 is 1.76. The third-order valence-corrected chi connectivity index (χ3v) is 3.21. The fraction of sp³-hybridized carbons (Fsp3) is 0.444. The van der Waals surface area contributed by atoms with Crippen LogP contribution in [-0.2, 0) is 16.3 Å². The van der Waals surface area contributed by atoms with Crippen LogP contribution in [0.4, 0.5) is 5.82 Å². The monoisotopic (exact) mass is 225 g/mol. The van der Waals surface area contributed by atoms with Crippen LogP contribution in [0.1, 0.15) is 18.2 Å². The lowest BCUT2D eigenvalue weighted by Crippen LogP contribution is -2.26. The van der Waals surface area contributed by atoms with Crippen LogP contribution in [0.3, 0.4) is 0 Å². The fourth-order valence-corrected chi connectivity index (χ4v) is 2.42. The fourth-order valence-electron chi connectivity index (χ4n) is 1.37. The molecule has 0 fully saturated rings. The second kappa shape index (κ2) is 4.06. The molecule has 0 amide bonds. The summed E-state index contributed by atoms with van der Waals surface area (Å²) in [5.41, 5.74) is 2.05. The highest BCUT2D eigenvalue weighted by atomic mass is 32.2. The number of nitrogens with zero attached hydrogens (tertiary/aromatic N) is 2. The number of anilines is 1. The van der Waals surface area contributed by atoms with Crippen molar-refractivity contribution in [3.05, 3.63) is 17.6 Å². The van der Waals surface area contributed by atoms with E-state index in [0.29, 0.717) is 5.82 Å². The molecule has 15 heavy (non-hydrogen) atoms. The Morgan fingerprint density at radius 3 is 3.13 bits per heavy atom. The molecule has 1 aliphatic heterocycles. The van der Waals surface area contributed by atoms with Gasteiger partial charge in [-0.15, -0.1) is 0 Å². The van der Waals surface area contributed by atoms with E-state index < -0.39 is 12.0 Å². The van der Waals surface area contributed by atoms with Gasteiger partial charge in [-0.05, 0) is 6.92 Å². The van der Waals surface area contributed by atoms with Crippen LogP contribution in [0.5, 0.6) is 0 Å². The maximum absolute atomic E-state index is 10.7. The molecule has 0 spiro atoms. The number of aliphatic carboxylic acids is 1. The Balaban J connectivity index is 2.22. The molecule has 1 aromatic heterocycles. The van der Waals surface area contributed by atoms with Crippen molar-refractivity contribution < 1.29 is 9.90 Å². The number of thioether (sulfide) groups is 1.